The molecule has 1 saturated heterocycles. The van der Waals surface area contributed by atoms with E-state index in [2.05, 4.69) is 0 Å². The molecule has 2 atom stereocenters. The van der Waals surface area contributed by atoms with Crippen LogP contribution in [0.5, 0.6) is 0 Å². The third-order valence-electron chi connectivity index (χ3n) is 3.87. The summed E-state index contributed by atoms with van der Waals surface area (Å²) in [6, 6.07) is 0.356. The van der Waals surface area contributed by atoms with Crippen LogP contribution in [0.1, 0.15) is 33.1 Å². The molecule has 0 aromatic carbocycles. The summed E-state index contributed by atoms with van der Waals surface area (Å²) in [6.45, 7) is 3.91. The van der Waals surface area contributed by atoms with Crippen LogP contribution in [-0.4, -0.2) is 34.5 Å². The van der Waals surface area contributed by atoms with Crippen molar-refractivity contribution in [3.63, 3.8) is 0 Å². The molecule has 2 bridgehead atoms. The molecular formula is C12H17NO3. The first kappa shape index (κ1) is 11.2. The van der Waals surface area contributed by atoms with Gasteiger partial charge in [-0.2, -0.15) is 0 Å². The maximum atomic E-state index is 12.1. The van der Waals surface area contributed by atoms with Gasteiger partial charge < -0.3 is 10.0 Å². The van der Waals surface area contributed by atoms with Gasteiger partial charge in [0.1, 0.15) is 0 Å². The van der Waals surface area contributed by atoms with E-state index in [4.69, 9.17) is 5.11 Å². The molecule has 1 saturated carbocycles. The number of rotatable bonds is 2. The maximum Gasteiger partial charge on any atom is 0.331 e. The summed E-state index contributed by atoms with van der Waals surface area (Å²) in [5.41, 5.74) is 0.535. The van der Waals surface area contributed by atoms with Crippen LogP contribution in [0.4, 0.5) is 0 Å². The fourth-order valence-corrected chi connectivity index (χ4v) is 2.71. The number of carbonyl (C=O) groups is 2. The average molecular weight is 223 g/mol. The van der Waals surface area contributed by atoms with Crippen LogP contribution in [0.2, 0.25) is 0 Å². The zero-order valence-corrected chi connectivity index (χ0v) is 9.69. The van der Waals surface area contributed by atoms with Crippen LogP contribution in [0.25, 0.3) is 0 Å². The number of piperidine rings is 1. The van der Waals surface area contributed by atoms with E-state index in [9.17, 15) is 9.59 Å². The molecule has 0 aromatic rings. The molecule has 2 unspecified atom stereocenters. The summed E-state index contributed by atoms with van der Waals surface area (Å²) in [5.74, 6) is -0.450. The van der Waals surface area contributed by atoms with E-state index in [1.54, 1.807) is 6.92 Å². The minimum atomic E-state index is -1.00. The van der Waals surface area contributed by atoms with Gasteiger partial charge in [0.15, 0.2) is 0 Å². The van der Waals surface area contributed by atoms with Crippen molar-refractivity contribution >= 4 is 11.9 Å². The van der Waals surface area contributed by atoms with E-state index in [0.29, 0.717) is 17.5 Å². The van der Waals surface area contributed by atoms with E-state index >= 15 is 0 Å². The Bertz CT molecular complexity index is 372. The van der Waals surface area contributed by atoms with Gasteiger partial charge in [-0.1, -0.05) is 0 Å². The van der Waals surface area contributed by atoms with Gasteiger partial charge in [-0.25, -0.2) is 4.79 Å². The molecule has 1 N–H and O–H groups in total. The fourth-order valence-electron chi connectivity index (χ4n) is 2.71. The summed E-state index contributed by atoms with van der Waals surface area (Å²) >= 11 is 0. The lowest BCUT2D eigenvalue weighted by atomic mass is 10.1. The predicted molar refractivity (Wildman–Crippen MR) is 58.9 cm³/mol. The molecule has 0 radical (unpaired) electrons. The maximum absolute atomic E-state index is 12.1. The molecule has 16 heavy (non-hydrogen) atoms. The number of aliphatic carboxylic acids is 1. The quantitative estimate of drug-likeness (QED) is 0.720. The molecule has 1 aliphatic heterocycles. The number of carboxylic acid groups (broad SMARTS) is 1. The highest BCUT2D eigenvalue weighted by Gasteiger charge is 2.40. The van der Waals surface area contributed by atoms with Crippen LogP contribution < -0.4 is 0 Å². The Morgan fingerprint density at radius 1 is 1.19 bits per heavy atom. The summed E-state index contributed by atoms with van der Waals surface area (Å²) in [4.78, 5) is 24.7. The van der Waals surface area contributed by atoms with Crippen LogP contribution in [0, 0.1) is 5.92 Å². The van der Waals surface area contributed by atoms with Gasteiger partial charge in [0.25, 0.3) is 0 Å². The Labute approximate surface area is 94.9 Å². The monoisotopic (exact) mass is 223 g/mol. The van der Waals surface area contributed by atoms with Gasteiger partial charge >= 0.3 is 5.97 Å². The summed E-state index contributed by atoms with van der Waals surface area (Å²) in [7, 11) is 0. The average Bonchev–Trinajstić information content (AvgIpc) is 2.87. The fraction of sp³-hybridized carbons (Fsp3) is 0.667. The highest BCUT2D eigenvalue weighted by atomic mass is 16.4. The number of hydrogen-bond donors (Lipinski definition) is 1. The second kappa shape index (κ2) is 3.92. The number of carboxylic acids is 1. The van der Waals surface area contributed by atoms with Crippen molar-refractivity contribution in [2.24, 2.45) is 5.92 Å². The molecule has 1 amide bonds. The van der Waals surface area contributed by atoms with Gasteiger partial charge in [-0.05, 0) is 39.0 Å². The minimum Gasteiger partial charge on any atom is -0.478 e. The van der Waals surface area contributed by atoms with Crippen LogP contribution in [-0.2, 0) is 9.59 Å². The Morgan fingerprint density at radius 3 is 2.31 bits per heavy atom. The molecule has 88 valence electrons. The molecule has 2 fully saturated rings. The zero-order chi connectivity index (χ0) is 11.9. The van der Waals surface area contributed by atoms with Crippen molar-refractivity contribution in [1.82, 2.24) is 4.90 Å². The summed E-state index contributed by atoms with van der Waals surface area (Å²) < 4.78 is 0. The van der Waals surface area contributed by atoms with Crippen LogP contribution in [0.3, 0.4) is 0 Å². The van der Waals surface area contributed by atoms with Crippen molar-refractivity contribution in [2.75, 3.05) is 6.54 Å². The largest absolute Gasteiger partial charge is 0.478 e. The Kier molecular flexibility index (Phi) is 2.74. The third-order valence-corrected chi connectivity index (χ3v) is 3.87. The number of fused-ring (bicyclic) bond motifs is 2. The third kappa shape index (κ3) is 1.72. The first-order valence-corrected chi connectivity index (χ1v) is 5.72. The van der Waals surface area contributed by atoms with E-state index in [1.807, 2.05) is 4.90 Å². The molecule has 2 rings (SSSR count). The standard InChI is InChI=1S/C12H17NO3/c1-7(8(2)12(15)16)11(14)13-6-9-3-4-10(13)5-9/h9-10H,3-6H2,1-2H3,(H,15,16). The van der Waals surface area contributed by atoms with Gasteiger partial charge in [0.05, 0.1) is 0 Å². The summed E-state index contributed by atoms with van der Waals surface area (Å²) in [6.07, 6.45) is 3.40. The van der Waals surface area contributed by atoms with Crippen molar-refractivity contribution in [3.05, 3.63) is 11.1 Å². The first-order valence-electron chi connectivity index (χ1n) is 5.72. The lowest BCUT2D eigenvalue weighted by molar-refractivity contribution is -0.134. The number of likely N-dealkylation sites (tertiary alicyclic amines) is 1. The van der Waals surface area contributed by atoms with Crippen molar-refractivity contribution in [1.29, 1.82) is 0 Å². The van der Waals surface area contributed by atoms with E-state index in [-0.39, 0.29) is 11.5 Å². The smallest absolute Gasteiger partial charge is 0.331 e. The lowest BCUT2D eigenvalue weighted by Crippen LogP contribution is -2.38. The minimum absolute atomic E-state index is 0.0906. The Morgan fingerprint density at radius 2 is 1.88 bits per heavy atom. The number of nitrogens with zero attached hydrogens (tertiary/aromatic N) is 1. The van der Waals surface area contributed by atoms with Gasteiger partial charge in [0, 0.05) is 23.7 Å². The first-order chi connectivity index (χ1) is 7.50. The topological polar surface area (TPSA) is 57.6 Å². The number of amides is 1. The normalized spacial score (nSPS) is 29.2. The molecule has 2 aliphatic rings. The lowest BCUT2D eigenvalue weighted by Gasteiger charge is -2.27. The highest BCUT2D eigenvalue weighted by Crippen LogP contribution is 2.38. The van der Waals surface area contributed by atoms with Crippen LogP contribution >= 0.6 is 0 Å². The molecule has 0 aromatic heterocycles. The SMILES string of the molecule is CC(C(=O)O)=C(C)C(=O)N1CC2CCC1C2. The van der Waals surface area contributed by atoms with Crippen molar-refractivity contribution in [3.8, 4) is 0 Å². The Balaban J connectivity index is 2.14. The highest BCUT2D eigenvalue weighted by molar-refractivity contribution is 6.01. The summed E-state index contributed by atoms with van der Waals surface area (Å²) in [5, 5.41) is 8.85. The van der Waals surface area contributed by atoms with E-state index in [0.717, 1.165) is 19.4 Å². The van der Waals surface area contributed by atoms with Crippen molar-refractivity contribution < 1.29 is 14.7 Å². The second-order valence-electron chi connectivity index (χ2n) is 4.85. The van der Waals surface area contributed by atoms with E-state index in [1.165, 1.54) is 13.3 Å². The zero-order valence-electron chi connectivity index (χ0n) is 9.69. The van der Waals surface area contributed by atoms with Crippen molar-refractivity contribution in [2.45, 2.75) is 39.2 Å². The Hall–Kier alpha value is -1.32. The van der Waals surface area contributed by atoms with Gasteiger partial charge in [-0.3, -0.25) is 4.79 Å². The van der Waals surface area contributed by atoms with Gasteiger partial charge in [-0.15, -0.1) is 0 Å². The number of hydrogen-bond acceptors (Lipinski definition) is 2. The van der Waals surface area contributed by atoms with E-state index < -0.39 is 5.97 Å². The van der Waals surface area contributed by atoms with Gasteiger partial charge in [0.2, 0.25) is 5.91 Å². The molecule has 0 spiro atoms. The number of carbonyl (C=O) groups excluding carboxylic acids is 1. The molecule has 4 heteroatoms. The predicted octanol–water partition coefficient (Wildman–Crippen LogP) is 1.42. The molecular weight excluding hydrogens is 206 g/mol. The molecule has 4 nitrogen and oxygen atoms in total. The second-order valence-corrected chi connectivity index (χ2v) is 4.85. The molecule has 1 heterocycles. The van der Waals surface area contributed by atoms with Crippen LogP contribution in [0.15, 0.2) is 11.1 Å². The molecule has 1 aliphatic carbocycles.